The number of benzene rings is 1. The van der Waals surface area contributed by atoms with Crippen molar-refractivity contribution in [2.45, 2.75) is 52.0 Å². The molecule has 0 radical (unpaired) electrons. The molecule has 0 saturated carbocycles. The number of aromatic nitrogens is 3. The molecule has 1 aliphatic heterocycles. The van der Waals surface area contributed by atoms with E-state index in [2.05, 4.69) is 41.3 Å². The molecule has 0 aliphatic carbocycles. The molecule has 1 atom stereocenters. The molecule has 1 amide bonds. The van der Waals surface area contributed by atoms with Crippen molar-refractivity contribution in [2.24, 2.45) is 0 Å². The minimum absolute atomic E-state index is 0.0505. The van der Waals surface area contributed by atoms with Gasteiger partial charge in [-0.05, 0) is 32.3 Å². The predicted molar refractivity (Wildman–Crippen MR) is 93.7 cm³/mol. The third-order valence-electron chi connectivity index (χ3n) is 5.01. The molecule has 1 unspecified atom stereocenters. The highest BCUT2D eigenvalue weighted by Crippen LogP contribution is 2.34. The molecule has 5 nitrogen and oxygen atoms in total. The van der Waals surface area contributed by atoms with Crippen LogP contribution in [0.15, 0.2) is 30.3 Å². The Kier molecular flexibility index (Phi) is 4.69. The van der Waals surface area contributed by atoms with Gasteiger partial charge in [0, 0.05) is 31.5 Å². The SMILES string of the molecule is Cc1nc(C)n(CCCN2CC(C)(c3ccccc3)CCC2=O)n1. The molecule has 0 N–H and O–H groups in total. The number of piperidine rings is 1. The summed E-state index contributed by atoms with van der Waals surface area (Å²) in [7, 11) is 0. The lowest BCUT2D eigenvalue weighted by atomic mass is 9.75. The van der Waals surface area contributed by atoms with Gasteiger partial charge in [-0.1, -0.05) is 37.3 Å². The van der Waals surface area contributed by atoms with E-state index in [4.69, 9.17) is 0 Å². The van der Waals surface area contributed by atoms with E-state index in [1.807, 2.05) is 29.5 Å². The molecule has 2 aromatic rings. The van der Waals surface area contributed by atoms with Gasteiger partial charge in [0.15, 0.2) is 0 Å². The number of rotatable bonds is 5. The second-order valence-corrected chi connectivity index (χ2v) is 7.02. The molecule has 24 heavy (non-hydrogen) atoms. The van der Waals surface area contributed by atoms with Gasteiger partial charge in [0.25, 0.3) is 0 Å². The highest BCUT2D eigenvalue weighted by atomic mass is 16.2. The molecular weight excluding hydrogens is 300 g/mol. The second-order valence-electron chi connectivity index (χ2n) is 7.02. The summed E-state index contributed by atoms with van der Waals surface area (Å²) in [6.07, 6.45) is 2.46. The zero-order chi connectivity index (χ0) is 17.2. The molecule has 1 aromatic heterocycles. The summed E-state index contributed by atoms with van der Waals surface area (Å²) >= 11 is 0. The van der Waals surface area contributed by atoms with Crippen LogP contribution in [0.1, 0.15) is 43.4 Å². The summed E-state index contributed by atoms with van der Waals surface area (Å²) in [5.74, 6) is 2.01. The van der Waals surface area contributed by atoms with Gasteiger partial charge in [0.1, 0.15) is 11.6 Å². The first-order valence-electron chi connectivity index (χ1n) is 8.69. The fourth-order valence-corrected chi connectivity index (χ4v) is 3.59. The maximum absolute atomic E-state index is 12.3. The summed E-state index contributed by atoms with van der Waals surface area (Å²) in [6.45, 7) is 8.53. The van der Waals surface area contributed by atoms with Crippen LogP contribution in [0.5, 0.6) is 0 Å². The van der Waals surface area contributed by atoms with Crippen molar-refractivity contribution in [1.29, 1.82) is 0 Å². The maximum Gasteiger partial charge on any atom is 0.222 e. The Morgan fingerprint density at radius 2 is 1.92 bits per heavy atom. The van der Waals surface area contributed by atoms with Crippen LogP contribution in [0.25, 0.3) is 0 Å². The highest BCUT2D eigenvalue weighted by molar-refractivity contribution is 5.77. The van der Waals surface area contributed by atoms with E-state index in [1.54, 1.807) is 0 Å². The van der Waals surface area contributed by atoms with Crippen molar-refractivity contribution in [3.63, 3.8) is 0 Å². The predicted octanol–water partition coefficient (Wildman–Crippen LogP) is 2.87. The quantitative estimate of drug-likeness (QED) is 0.849. The highest BCUT2D eigenvalue weighted by Gasteiger charge is 2.35. The Bertz CT molecular complexity index is 709. The Morgan fingerprint density at radius 1 is 1.17 bits per heavy atom. The third kappa shape index (κ3) is 3.50. The number of nitrogens with zero attached hydrogens (tertiary/aromatic N) is 4. The molecule has 0 bridgehead atoms. The molecule has 5 heteroatoms. The molecule has 1 aromatic carbocycles. The lowest BCUT2D eigenvalue weighted by Gasteiger charge is -2.40. The fourth-order valence-electron chi connectivity index (χ4n) is 3.59. The topological polar surface area (TPSA) is 51.0 Å². The van der Waals surface area contributed by atoms with Crippen LogP contribution >= 0.6 is 0 Å². The van der Waals surface area contributed by atoms with Crippen LogP contribution in [0, 0.1) is 13.8 Å². The minimum Gasteiger partial charge on any atom is -0.342 e. The van der Waals surface area contributed by atoms with E-state index in [0.29, 0.717) is 6.42 Å². The molecule has 0 spiro atoms. The molecule has 3 rings (SSSR count). The molecule has 1 saturated heterocycles. The molecule has 1 aliphatic rings. The first-order chi connectivity index (χ1) is 11.5. The lowest BCUT2D eigenvalue weighted by Crippen LogP contribution is -2.47. The summed E-state index contributed by atoms with van der Waals surface area (Å²) in [6, 6.07) is 10.6. The van der Waals surface area contributed by atoms with Gasteiger partial charge in [-0.15, -0.1) is 0 Å². The van der Waals surface area contributed by atoms with Crippen molar-refractivity contribution >= 4 is 5.91 Å². The van der Waals surface area contributed by atoms with E-state index < -0.39 is 0 Å². The van der Waals surface area contributed by atoms with Crippen LogP contribution < -0.4 is 0 Å². The van der Waals surface area contributed by atoms with Crippen LogP contribution in [-0.4, -0.2) is 38.7 Å². The standard InChI is InChI=1S/C19H26N4O/c1-15-20-16(2)23(21-15)13-7-12-22-14-19(3,11-10-18(22)24)17-8-5-4-6-9-17/h4-6,8-9H,7,10-14H2,1-3H3. The number of carbonyl (C=O) groups excluding carboxylic acids is 1. The summed E-state index contributed by atoms with van der Waals surface area (Å²) in [4.78, 5) is 18.7. The number of carbonyl (C=O) groups is 1. The monoisotopic (exact) mass is 326 g/mol. The summed E-state index contributed by atoms with van der Waals surface area (Å²) < 4.78 is 1.93. The van der Waals surface area contributed by atoms with Crippen LogP contribution in [-0.2, 0) is 16.8 Å². The smallest absolute Gasteiger partial charge is 0.222 e. The maximum atomic E-state index is 12.3. The van der Waals surface area contributed by atoms with Crippen molar-refractivity contribution in [1.82, 2.24) is 19.7 Å². The zero-order valence-electron chi connectivity index (χ0n) is 14.8. The average molecular weight is 326 g/mol. The molecular formula is C19H26N4O. The first kappa shape index (κ1) is 16.7. The van der Waals surface area contributed by atoms with Crippen molar-refractivity contribution in [3.8, 4) is 0 Å². The third-order valence-corrected chi connectivity index (χ3v) is 5.01. The van der Waals surface area contributed by atoms with Crippen molar-refractivity contribution in [2.75, 3.05) is 13.1 Å². The Hall–Kier alpha value is -2.17. The largest absolute Gasteiger partial charge is 0.342 e. The fraction of sp³-hybridized carbons (Fsp3) is 0.526. The van der Waals surface area contributed by atoms with Crippen LogP contribution in [0.3, 0.4) is 0 Å². The van der Waals surface area contributed by atoms with Gasteiger partial charge in [-0.2, -0.15) is 5.10 Å². The van der Waals surface area contributed by atoms with Gasteiger partial charge < -0.3 is 4.90 Å². The van der Waals surface area contributed by atoms with E-state index in [0.717, 1.165) is 44.1 Å². The zero-order valence-corrected chi connectivity index (χ0v) is 14.8. The Morgan fingerprint density at radius 3 is 2.58 bits per heavy atom. The van der Waals surface area contributed by atoms with Crippen LogP contribution in [0.2, 0.25) is 0 Å². The van der Waals surface area contributed by atoms with Gasteiger partial charge in [0.05, 0.1) is 0 Å². The first-order valence-corrected chi connectivity index (χ1v) is 8.69. The number of likely N-dealkylation sites (tertiary alicyclic amines) is 1. The summed E-state index contributed by atoms with van der Waals surface area (Å²) in [5, 5.41) is 4.39. The van der Waals surface area contributed by atoms with Crippen molar-refractivity contribution < 1.29 is 4.79 Å². The summed E-state index contributed by atoms with van der Waals surface area (Å²) in [5.41, 5.74) is 1.37. The number of amides is 1. The molecule has 1 fully saturated rings. The van der Waals surface area contributed by atoms with E-state index in [-0.39, 0.29) is 11.3 Å². The normalized spacial score (nSPS) is 21.3. The van der Waals surface area contributed by atoms with Crippen molar-refractivity contribution in [3.05, 3.63) is 47.5 Å². The average Bonchev–Trinajstić information content (AvgIpc) is 2.89. The molecule has 2 heterocycles. The number of hydrogen-bond donors (Lipinski definition) is 0. The second kappa shape index (κ2) is 6.75. The van der Waals surface area contributed by atoms with Gasteiger partial charge in [-0.3, -0.25) is 9.48 Å². The minimum atomic E-state index is 0.0505. The number of hydrogen-bond acceptors (Lipinski definition) is 3. The number of aryl methyl sites for hydroxylation is 3. The van der Waals surface area contributed by atoms with E-state index in [9.17, 15) is 4.79 Å². The Balaban J connectivity index is 1.62. The Labute approximate surface area is 143 Å². The van der Waals surface area contributed by atoms with Gasteiger partial charge >= 0.3 is 0 Å². The lowest BCUT2D eigenvalue weighted by molar-refractivity contribution is -0.135. The van der Waals surface area contributed by atoms with Gasteiger partial charge in [-0.25, -0.2) is 4.98 Å². The van der Waals surface area contributed by atoms with E-state index in [1.165, 1.54) is 5.56 Å². The van der Waals surface area contributed by atoms with Crippen LogP contribution in [0.4, 0.5) is 0 Å². The molecule has 128 valence electrons. The van der Waals surface area contributed by atoms with Gasteiger partial charge in [0.2, 0.25) is 5.91 Å². The van der Waals surface area contributed by atoms with E-state index >= 15 is 0 Å².